The number of carbonyl (C=O) groups is 1. The lowest BCUT2D eigenvalue weighted by Gasteiger charge is -2.57. The van der Waals surface area contributed by atoms with E-state index < -0.39 is 0 Å². The van der Waals surface area contributed by atoms with E-state index in [0.29, 0.717) is 0 Å². The van der Waals surface area contributed by atoms with Crippen molar-refractivity contribution >= 4 is 6.03 Å². The van der Waals surface area contributed by atoms with Crippen LogP contribution in [-0.4, -0.2) is 57.3 Å². The number of aryl methyl sites for hydroxylation is 1. The quantitative estimate of drug-likeness (QED) is 0.902. The number of hydrogen-bond donors (Lipinski definition) is 1. The summed E-state index contributed by atoms with van der Waals surface area (Å²) in [6.07, 6.45) is 12.0. The number of amides is 2. The van der Waals surface area contributed by atoms with Gasteiger partial charge in [-0.05, 0) is 56.3 Å². The standard InChI is InChI=1S/C20H31N5O/c1-23-13-18(12-21-23)14-24-2-4-25(5-3-24)19(26)22-20-9-15-6-16(10-20)8-17(7-15)11-20/h12-13,15-17H,2-11,14H2,1H3,(H,22,26). The Hall–Kier alpha value is -1.56. The molecule has 1 aromatic heterocycles. The first-order valence-electron chi connectivity index (χ1n) is 10.3. The number of hydrogen-bond acceptors (Lipinski definition) is 3. The third kappa shape index (κ3) is 3.13. The zero-order valence-electron chi connectivity index (χ0n) is 15.9. The number of nitrogens with one attached hydrogen (secondary N) is 1. The van der Waals surface area contributed by atoms with Crippen LogP contribution in [0.5, 0.6) is 0 Å². The third-order valence-corrected chi connectivity index (χ3v) is 7.23. The highest BCUT2D eigenvalue weighted by molar-refractivity contribution is 5.75. The van der Waals surface area contributed by atoms with Crippen LogP contribution in [-0.2, 0) is 13.6 Å². The number of rotatable bonds is 3. The topological polar surface area (TPSA) is 53.4 Å². The van der Waals surface area contributed by atoms with Crippen molar-refractivity contribution in [2.45, 2.75) is 50.6 Å². The summed E-state index contributed by atoms with van der Waals surface area (Å²) >= 11 is 0. The molecule has 0 atom stereocenters. The first-order valence-corrected chi connectivity index (χ1v) is 10.3. The molecule has 1 aliphatic heterocycles. The lowest BCUT2D eigenvalue weighted by atomic mass is 9.53. The van der Waals surface area contributed by atoms with E-state index in [9.17, 15) is 4.79 Å². The average Bonchev–Trinajstić information content (AvgIpc) is 2.98. The molecule has 1 N–H and O–H groups in total. The molecule has 1 saturated heterocycles. The van der Waals surface area contributed by atoms with E-state index >= 15 is 0 Å². The van der Waals surface area contributed by atoms with Crippen LogP contribution >= 0.6 is 0 Å². The van der Waals surface area contributed by atoms with Gasteiger partial charge < -0.3 is 10.2 Å². The van der Waals surface area contributed by atoms with Crippen LogP contribution in [0.25, 0.3) is 0 Å². The molecule has 5 aliphatic rings. The molecule has 4 aliphatic carbocycles. The van der Waals surface area contributed by atoms with Crippen LogP contribution in [0.4, 0.5) is 4.79 Å². The molecule has 6 rings (SSSR count). The van der Waals surface area contributed by atoms with Crippen molar-refractivity contribution in [1.82, 2.24) is 24.9 Å². The van der Waals surface area contributed by atoms with Crippen molar-refractivity contribution < 1.29 is 4.79 Å². The largest absolute Gasteiger partial charge is 0.333 e. The summed E-state index contributed by atoms with van der Waals surface area (Å²) in [5, 5.41) is 7.76. The molecule has 2 amide bonds. The van der Waals surface area contributed by atoms with Gasteiger partial charge in [0.25, 0.3) is 0 Å². The molecule has 0 radical (unpaired) electrons. The lowest BCUT2D eigenvalue weighted by Crippen LogP contribution is -2.63. The summed E-state index contributed by atoms with van der Waals surface area (Å²) in [4.78, 5) is 17.4. The Morgan fingerprint density at radius 3 is 2.27 bits per heavy atom. The predicted molar refractivity (Wildman–Crippen MR) is 99.5 cm³/mol. The van der Waals surface area contributed by atoms with Gasteiger partial charge in [-0.1, -0.05) is 0 Å². The van der Waals surface area contributed by atoms with Gasteiger partial charge in [-0.3, -0.25) is 9.58 Å². The minimum absolute atomic E-state index is 0.124. The molecular weight excluding hydrogens is 326 g/mol. The summed E-state index contributed by atoms with van der Waals surface area (Å²) in [6, 6.07) is 0.188. The zero-order valence-corrected chi connectivity index (χ0v) is 15.9. The van der Waals surface area contributed by atoms with Gasteiger partial charge in [0.2, 0.25) is 0 Å². The fraction of sp³-hybridized carbons (Fsp3) is 0.800. The Morgan fingerprint density at radius 2 is 1.73 bits per heavy atom. The van der Waals surface area contributed by atoms with E-state index in [1.165, 1.54) is 44.1 Å². The van der Waals surface area contributed by atoms with E-state index in [1.54, 1.807) is 0 Å². The maximum absolute atomic E-state index is 12.9. The van der Waals surface area contributed by atoms with Crippen LogP contribution in [0.2, 0.25) is 0 Å². The Balaban J connectivity index is 1.15. The van der Waals surface area contributed by atoms with Crippen LogP contribution in [0.1, 0.15) is 44.1 Å². The third-order valence-electron chi connectivity index (χ3n) is 7.23. The van der Waals surface area contributed by atoms with E-state index in [-0.39, 0.29) is 11.6 Å². The highest BCUT2D eigenvalue weighted by atomic mass is 16.2. The molecule has 26 heavy (non-hydrogen) atoms. The van der Waals surface area contributed by atoms with E-state index in [4.69, 9.17) is 0 Å². The van der Waals surface area contributed by atoms with Gasteiger partial charge in [0.15, 0.2) is 0 Å². The number of aromatic nitrogens is 2. The fourth-order valence-electron chi connectivity index (χ4n) is 6.49. The summed E-state index contributed by atoms with van der Waals surface area (Å²) in [7, 11) is 1.95. The van der Waals surface area contributed by atoms with E-state index in [2.05, 4.69) is 21.5 Å². The lowest BCUT2D eigenvalue weighted by molar-refractivity contribution is -0.0165. The van der Waals surface area contributed by atoms with E-state index in [0.717, 1.165) is 50.5 Å². The van der Waals surface area contributed by atoms with Gasteiger partial charge in [-0.2, -0.15) is 5.10 Å². The number of carbonyl (C=O) groups excluding carboxylic acids is 1. The molecule has 0 aromatic carbocycles. The zero-order chi connectivity index (χ0) is 17.7. The minimum Gasteiger partial charge on any atom is -0.333 e. The van der Waals surface area contributed by atoms with E-state index in [1.807, 2.05) is 22.8 Å². The second-order valence-corrected chi connectivity index (χ2v) is 9.41. The van der Waals surface area contributed by atoms with Crippen molar-refractivity contribution in [3.63, 3.8) is 0 Å². The summed E-state index contributed by atoms with van der Waals surface area (Å²) < 4.78 is 1.85. The van der Waals surface area contributed by atoms with Crippen LogP contribution in [0.3, 0.4) is 0 Å². The van der Waals surface area contributed by atoms with Gasteiger partial charge in [0.05, 0.1) is 6.20 Å². The van der Waals surface area contributed by atoms with Crippen molar-refractivity contribution in [3.05, 3.63) is 18.0 Å². The molecule has 4 bridgehead atoms. The smallest absolute Gasteiger partial charge is 0.317 e. The first-order chi connectivity index (χ1) is 12.6. The molecule has 5 fully saturated rings. The predicted octanol–water partition coefficient (Wildman–Crippen LogP) is 2.22. The molecular formula is C20H31N5O. The van der Waals surface area contributed by atoms with Crippen LogP contribution in [0, 0.1) is 17.8 Å². The molecule has 2 heterocycles. The second kappa shape index (κ2) is 6.25. The Kier molecular flexibility index (Phi) is 3.99. The monoisotopic (exact) mass is 357 g/mol. The summed E-state index contributed by atoms with van der Waals surface area (Å²) in [5.74, 6) is 2.62. The molecule has 0 unspecified atom stereocenters. The van der Waals surface area contributed by atoms with Crippen LogP contribution < -0.4 is 5.32 Å². The molecule has 1 aromatic rings. The van der Waals surface area contributed by atoms with Crippen molar-refractivity contribution in [2.75, 3.05) is 26.2 Å². The van der Waals surface area contributed by atoms with Crippen molar-refractivity contribution in [2.24, 2.45) is 24.8 Å². The Morgan fingerprint density at radius 1 is 1.12 bits per heavy atom. The molecule has 6 heteroatoms. The maximum Gasteiger partial charge on any atom is 0.317 e. The maximum atomic E-state index is 12.9. The van der Waals surface area contributed by atoms with Gasteiger partial charge in [0.1, 0.15) is 0 Å². The Labute approximate surface area is 155 Å². The summed E-state index contributed by atoms with van der Waals surface area (Å²) in [6.45, 7) is 4.49. The van der Waals surface area contributed by atoms with Gasteiger partial charge >= 0.3 is 6.03 Å². The minimum atomic E-state index is 0.124. The highest BCUT2D eigenvalue weighted by Crippen LogP contribution is 2.55. The van der Waals surface area contributed by atoms with Gasteiger partial charge in [0, 0.05) is 57.1 Å². The molecule has 6 nitrogen and oxygen atoms in total. The highest BCUT2D eigenvalue weighted by Gasteiger charge is 2.51. The average molecular weight is 358 g/mol. The molecule has 142 valence electrons. The van der Waals surface area contributed by atoms with Crippen LogP contribution in [0.15, 0.2) is 12.4 Å². The molecule has 0 spiro atoms. The van der Waals surface area contributed by atoms with Crippen molar-refractivity contribution in [1.29, 1.82) is 0 Å². The normalized spacial score (nSPS) is 36.5. The fourth-order valence-corrected chi connectivity index (χ4v) is 6.49. The Bertz CT molecular complexity index is 640. The van der Waals surface area contributed by atoms with Gasteiger partial charge in [-0.15, -0.1) is 0 Å². The van der Waals surface area contributed by atoms with Gasteiger partial charge in [-0.25, -0.2) is 4.79 Å². The first kappa shape index (κ1) is 16.6. The SMILES string of the molecule is Cn1cc(CN2CCN(C(=O)NC34CC5CC(CC(C5)C3)C4)CC2)cn1. The van der Waals surface area contributed by atoms with Crippen molar-refractivity contribution in [3.8, 4) is 0 Å². The number of piperazine rings is 1. The summed E-state index contributed by atoms with van der Waals surface area (Å²) in [5.41, 5.74) is 1.37. The molecule has 4 saturated carbocycles. The second-order valence-electron chi connectivity index (χ2n) is 9.41. The number of nitrogens with zero attached hydrogens (tertiary/aromatic N) is 4. The number of urea groups is 1.